The topological polar surface area (TPSA) is 96.2 Å². The minimum Gasteiger partial charge on any atom is -0.481 e. The first-order valence-corrected chi connectivity index (χ1v) is 19.9. The van der Waals surface area contributed by atoms with Crippen molar-refractivity contribution in [3.63, 3.8) is 0 Å². The van der Waals surface area contributed by atoms with Gasteiger partial charge in [0.1, 0.15) is 0 Å². The molecule has 6 heteroatoms. The van der Waals surface area contributed by atoms with Crippen LogP contribution in [0.15, 0.2) is 24.3 Å². The summed E-state index contributed by atoms with van der Waals surface area (Å²) in [6.45, 7) is 15.2. The first kappa shape index (κ1) is 35.9. The number of aliphatic hydroxyl groups is 2. The van der Waals surface area contributed by atoms with E-state index in [1.165, 1.54) is 17.5 Å². The van der Waals surface area contributed by atoms with Crippen LogP contribution in [0.1, 0.15) is 136 Å². The predicted octanol–water partition coefficient (Wildman–Crippen LogP) is 8.59. The van der Waals surface area contributed by atoms with Crippen molar-refractivity contribution in [1.82, 2.24) is 0 Å². The maximum absolute atomic E-state index is 12.7. The van der Waals surface area contributed by atoms with E-state index in [0.29, 0.717) is 24.9 Å². The SMILES string of the molecule is CCCC1C2(O)CCC3(CO)C4(C)CCC5(C)C6CC(C)(C(=O)O)CCC6(C)CCC5(C)C4CCC13C(Cc1ccc(CCOC)cc1)O2. The largest absolute Gasteiger partial charge is 0.481 e. The summed E-state index contributed by atoms with van der Waals surface area (Å²) in [6.07, 6.45) is 13.8. The zero-order chi connectivity index (χ0) is 35.3. The Kier molecular flexibility index (Phi) is 8.63. The molecule has 1 saturated heterocycles. The first-order chi connectivity index (χ1) is 23.1. The summed E-state index contributed by atoms with van der Waals surface area (Å²) in [5.74, 6) is -0.977. The minimum absolute atomic E-state index is 0.0000312. The number of benzene rings is 1. The van der Waals surface area contributed by atoms with Gasteiger partial charge in [-0.2, -0.15) is 0 Å². The average molecular weight is 679 g/mol. The Bertz CT molecular complexity index is 1430. The molecule has 1 aromatic carbocycles. The highest BCUT2D eigenvalue weighted by Crippen LogP contribution is 2.83. The molecule has 0 amide bonds. The van der Waals surface area contributed by atoms with Gasteiger partial charge < -0.3 is 24.8 Å². The maximum atomic E-state index is 12.7. The second-order valence-electron chi connectivity index (χ2n) is 19.5. The second kappa shape index (κ2) is 11.8. The van der Waals surface area contributed by atoms with Crippen LogP contribution >= 0.6 is 0 Å². The third kappa shape index (κ3) is 4.61. The first-order valence-electron chi connectivity index (χ1n) is 19.9. The Morgan fingerprint density at radius 1 is 0.857 bits per heavy atom. The van der Waals surface area contributed by atoms with E-state index < -0.39 is 17.2 Å². The Morgan fingerprint density at radius 2 is 1.49 bits per heavy atom. The van der Waals surface area contributed by atoms with E-state index >= 15 is 0 Å². The summed E-state index contributed by atoms with van der Waals surface area (Å²) < 4.78 is 12.3. The molecular formula is C43H66O6. The van der Waals surface area contributed by atoms with Gasteiger partial charge in [-0.1, -0.05) is 65.3 Å². The molecule has 12 unspecified atom stereocenters. The lowest BCUT2D eigenvalue weighted by Gasteiger charge is -2.77. The number of carboxylic acids is 1. The fourth-order valence-corrected chi connectivity index (χ4v) is 14.9. The molecule has 0 radical (unpaired) electrons. The van der Waals surface area contributed by atoms with Crippen LogP contribution in [0.25, 0.3) is 0 Å². The molecule has 6 fully saturated rings. The van der Waals surface area contributed by atoms with Gasteiger partial charge >= 0.3 is 5.97 Å². The van der Waals surface area contributed by atoms with E-state index in [9.17, 15) is 20.1 Å². The van der Waals surface area contributed by atoms with Crippen molar-refractivity contribution in [2.75, 3.05) is 20.3 Å². The van der Waals surface area contributed by atoms with Crippen LogP contribution in [0, 0.1) is 55.7 Å². The van der Waals surface area contributed by atoms with Crippen LogP contribution in [0.3, 0.4) is 0 Å². The highest BCUT2D eigenvalue weighted by Gasteiger charge is 2.81. The van der Waals surface area contributed by atoms with Gasteiger partial charge in [-0.15, -0.1) is 0 Å². The van der Waals surface area contributed by atoms with E-state index in [2.05, 4.69) is 58.9 Å². The number of aliphatic hydroxyl groups excluding tert-OH is 1. The maximum Gasteiger partial charge on any atom is 0.309 e. The molecule has 7 rings (SSSR count). The Hall–Kier alpha value is -1.47. The van der Waals surface area contributed by atoms with Crippen molar-refractivity contribution in [2.45, 2.75) is 150 Å². The minimum atomic E-state index is -1.15. The number of carboxylic acid groups (broad SMARTS) is 1. The van der Waals surface area contributed by atoms with Crippen LogP contribution in [-0.2, 0) is 27.1 Å². The van der Waals surface area contributed by atoms with E-state index in [0.717, 1.165) is 83.5 Å². The lowest BCUT2D eigenvalue weighted by Crippen LogP contribution is -2.74. The van der Waals surface area contributed by atoms with Gasteiger partial charge in [0.25, 0.3) is 0 Å². The van der Waals surface area contributed by atoms with Gasteiger partial charge in [0.2, 0.25) is 0 Å². The van der Waals surface area contributed by atoms with E-state index in [1.807, 2.05) is 6.92 Å². The molecule has 1 aromatic rings. The third-order valence-electron chi connectivity index (χ3n) is 18.0. The molecule has 1 aliphatic heterocycles. The van der Waals surface area contributed by atoms with E-state index in [4.69, 9.17) is 9.47 Å². The predicted molar refractivity (Wildman–Crippen MR) is 192 cm³/mol. The summed E-state index contributed by atoms with van der Waals surface area (Å²) in [5, 5.41) is 34.8. The Labute approximate surface area is 296 Å². The van der Waals surface area contributed by atoms with Crippen molar-refractivity contribution in [1.29, 1.82) is 0 Å². The number of rotatable bonds is 9. The van der Waals surface area contributed by atoms with Gasteiger partial charge in [0.15, 0.2) is 5.79 Å². The molecule has 5 aliphatic carbocycles. The lowest BCUT2D eigenvalue weighted by molar-refractivity contribution is -0.309. The van der Waals surface area contributed by atoms with Crippen LogP contribution in [-0.4, -0.2) is 53.5 Å². The standard InChI is InChI=1S/C43H66O6/c1-8-9-32-42-16-14-31-38(4)20-19-36(2)17-18-37(3,35(45)46)27-33(36)39(38,5)21-22-40(31,6)41(42,28-44)23-24-43(32,47)49-34(42)26-30-12-10-29(11-13-30)15-25-48-7/h10-13,31-34,44,47H,8-9,14-28H2,1-7H3,(H,45,46). The number of aliphatic carboxylic acids is 1. The molecule has 274 valence electrons. The number of hydrogen-bond donors (Lipinski definition) is 3. The second-order valence-corrected chi connectivity index (χ2v) is 19.5. The van der Waals surface area contributed by atoms with Gasteiger partial charge in [0.05, 0.1) is 18.1 Å². The molecule has 49 heavy (non-hydrogen) atoms. The number of carbonyl (C=O) groups is 1. The van der Waals surface area contributed by atoms with Crippen molar-refractivity contribution >= 4 is 5.97 Å². The smallest absolute Gasteiger partial charge is 0.309 e. The summed E-state index contributed by atoms with van der Waals surface area (Å²) >= 11 is 0. The Morgan fingerprint density at radius 3 is 2.14 bits per heavy atom. The van der Waals surface area contributed by atoms with Crippen molar-refractivity contribution < 1.29 is 29.6 Å². The number of hydrogen-bond acceptors (Lipinski definition) is 5. The highest BCUT2D eigenvalue weighted by molar-refractivity contribution is 5.74. The van der Waals surface area contributed by atoms with Crippen LogP contribution in [0.5, 0.6) is 0 Å². The zero-order valence-electron chi connectivity index (χ0n) is 31.7. The molecule has 1 spiro atoms. The fourth-order valence-electron chi connectivity index (χ4n) is 14.9. The van der Waals surface area contributed by atoms with Crippen LogP contribution in [0.2, 0.25) is 0 Å². The molecule has 6 aliphatic rings. The van der Waals surface area contributed by atoms with Crippen molar-refractivity contribution in [3.8, 4) is 0 Å². The normalized spacial score (nSPS) is 50.1. The molecule has 1 heterocycles. The molecule has 0 aromatic heterocycles. The quantitative estimate of drug-likeness (QED) is 0.242. The lowest BCUT2D eigenvalue weighted by atomic mass is 9.26. The van der Waals surface area contributed by atoms with Gasteiger partial charge in [-0.3, -0.25) is 4.79 Å². The van der Waals surface area contributed by atoms with Gasteiger partial charge in [0, 0.05) is 36.9 Å². The fraction of sp³-hybridized carbons (Fsp3) is 0.837. The van der Waals surface area contributed by atoms with Crippen LogP contribution < -0.4 is 0 Å². The average Bonchev–Trinajstić information content (AvgIpc) is 3.22. The number of ether oxygens (including phenoxy) is 2. The number of fused-ring (bicyclic) bond motifs is 7. The van der Waals surface area contributed by atoms with E-state index in [-0.39, 0.29) is 51.1 Å². The van der Waals surface area contributed by atoms with Crippen molar-refractivity contribution in [2.24, 2.45) is 55.7 Å². The molecule has 3 N–H and O–H groups in total. The molecule has 12 atom stereocenters. The molecular weight excluding hydrogens is 612 g/mol. The van der Waals surface area contributed by atoms with Crippen molar-refractivity contribution in [3.05, 3.63) is 35.4 Å². The van der Waals surface area contributed by atoms with Gasteiger partial charge in [-0.05, 0) is 135 Å². The highest BCUT2D eigenvalue weighted by atomic mass is 16.6. The van der Waals surface area contributed by atoms with Gasteiger partial charge in [-0.25, -0.2) is 0 Å². The molecule has 2 bridgehead atoms. The third-order valence-corrected chi connectivity index (χ3v) is 18.0. The molecule has 6 nitrogen and oxygen atoms in total. The Balaban J connectivity index is 1.29. The molecule has 5 saturated carbocycles. The van der Waals surface area contributed by atoms with Crippen LogP contribution in [0.4, 0.5) is 0 Å². The van der Waals surface area contributed by atoms with E-state index in [1.54, 1.807) is 7.11 Å². The monoisotopic (exact) mass is 678 g/mol. The summed E-state index contributed by atoms with van der Waals surface area (Å²) in [5.41, 5.74) is 1.31. The summed E-state index contributed by atoms with van der Waals surface area (Å²) in [6, 6.07) is 8.90. The summed E-state index contributed by atoms with van der Waals surface area (Å²) in [4.78, 5) is 12.7. The summed E-state index contributed by atoms with van der Waals surface area (Å²) in [7, 11) is 1.74. The number of methoxy groups -OCH3 is 1. The zero-order valence-corrected chi connectivity index (χ0v) is 31.7.